The summed E-state index contributed by atoms with van der Waals surface area (Å²) in [7, 11) is -2.81. The molecule has 0 aromatic rings. The molecule has 18 heavy (non-hydrogen) atoms. The number of nitrogens with one attached hydrogen (secondary N) is 2. The van der Waals surface area contributed by atoms with Gasteiger partial charge in [0.05, 0.1) is 11.5 Å². The summed E-state index contributed by atoms with van der Waals surface area (Å²) < 4.78 is 23.0. The van der Waals surface area contributed by atoms with E-state index in [-0.39, 0.29) is 29.9 Å². The molecule has 1 atom stereocenters. The fraction of sp³-hybridized carbons (Fsp3) is 0.909. The highest BCUT2D eigenvalue weighted by molar-refractivity contribution is 14.0. The zero-order valence-corrected chi connectivity index (χ0v) is 14.3. The highest BCUT2D eigenvalue weighted by Crippen LogP contribution is 2.18. The standard InChI is InChI=1S/C11H23N3O2S.HI/c1-3-12-11(13-4-2)14-8-10-6-5-7-17(15,16)9-10;/h10H,3-9H2,1-2H3,(H2,12,13,14);1H. The summed E-state index contributed by atoms with van der Waals surface area (Å²) in [6.45, 7) is 6.24. The molecule has 0 spiro atoms. The van der Waals surface area contributed by atoms with Crippen molar-refractivity contribution in [2.75, 3.05) is 31.1 Å². The fourth-order valence-corrected chi connectivity index (χ4v) is 3.75. The van der Waals surface area contributed by atoms with Crippen molar-refractivity contribution >= 4 is 39.8 Å². The monoisotopic (exact) mass is 389 g/mol. The number of aliphatic imine (C=N–C) groups is 1. The van der Waals surface area contributed by atoms with Crippen LogP contribution in [0.1, 0.15) is 26.7 Å². The fourth-order valence-electron chi connectivity index (χ4n) is 1.99. The van der Waals surface area contributed by atoms with Crippen LogP contribution < -0.4 is 10.6 Å². The van der Waals surface area contributed by atoms with Gasteiger partial charge in [0.1, 0.15) is 0 Å². The van der Waals surface area contributed by atoms with Gasteiger partial charge in [-0.1, -0.05) is 0 Å². The number of sulfone groups is 1. The van der Waals surface area contributed by atoms with Crippen molar-refractivity contribution in [1.82, 2.24) is 10.6 Å². The molecule has 7 heteroatoms. The second-order valence-electron chi connectivity index (χ2n) is 4.37. The Balaban J connectivity index is 0.00000289. The lowest BCUT2D eigenvalue weighted by Gasteiger charge is -2.20. The van der Waals surface area contributed by atoms with E-state index in [1.807, 2.05) is 13.8 Å². The molecule has 5 nitrogen and oxygen atoms in total. The van der Waals surface area contributed by atoms with Crippen molar-refractivity contribution in [3.05, 3.63) is 0 Å². The Hall–Kier alpha value is -0.0500. The number of halogens is 1. The summed E-state index contributed by atoms with van der Waals surface area (Å²) >= 11 is 0. The summed E-state index contributed by atoms with van der Waals surface area (Å²) in [5.74, 6) is 1.60. The van der Waals surface area contributed by atoms with Crippen LogP contribution in [-0.4, -0.2) is 45.5 Å². The van der Waals surface area contributed by atoms with Crippen LogP contribution in [-0.2, 0) is 9.84 Å². The maximum atomic E-state index is 11.5. The molecule has 0 bridgehead atoms. The van der Waals surface area contributed by atoms with Crippen LogP contribution in [0, 0.1) is 5.92 Å². The Morgan fingerprint density at radius 3 is 2.39 bits per heavy atom. The predicted octanol–water partition coefficient (Wildman–Crippen LogP) is 1.00. The van der Waals surface area contributed by atoms with E-state index in [0.717, 1.165) is 31.9 Å². The zero-order chi connectivity index (χ0) is 12.7. The molecule has 1 aliphatic rings. The van der Waals surface area contributed by atoms with Crippen molar-refractivity contribution in [2.24, 2.45) is 10.9 Å². The Kier molecular flexibility index (Phi) is 8.93. The van der Waals surface area contributed by atoms with Gasteiger partial charge in [-0.15, -0.1) is 24.0 Å². The van der Waals surface area contributed by atoms with E-state index >= 15 is 0 Å². The van der Waals surface area contributed by atoms with Crippen LogP contribution in [0.3, 0.4) is 0 Å². The molecular weight excluding hydrogens is 365 g/mol. The number of hydrogen-bond donors (Lipinski definition) is 2. The molecule has 1 rings (SSSR count). The minimum Gasteiger partial charge on any atom is -0.357 e. The molecule has 2 N–H and O–H groups in total. The lowest BCUT2D eigenvalue weighted by molar-refractivity contribution is 0.493. The highest BCUT2D eigenvalue weighted by Gasteiger charge is 2.24. The van der Waals surface area contributed by atoms with Gasteiger partial charge in [0.25, 0.3) is 0 Å². The Bertz CT molecular complexity index is 349. The van der Waals surface area contributed by atoms with E-state index in [0.29, 0.717) is 18.1 Å². The minimum absolute atomic E-state index is 0. The molecule has 0 aliphatic carbocycles. The average molecular weight is 389 g/mol. The van der Waals surface area contributed by atoms with Crippen molar-refractivity contribution < 1.29 is 8.42 Å². The Labute approximate surface area is 127 Å². The SMILES string of the molecule is CCNC(=NCC1CCCS(=O)(=O)C1)NCC.I. The molecule has 1 fully saturated rings. The first-order valence-corrected chi connectivity index (χ1v) is 8.12. The Morgan fingerprint density at radius 2 is 1.89 bits per heavy atom. The smallest absolute Gasteiger partial charge is 0.191 e. The molecular formula is C11H24IN3O2S. The molecule has 0 saturated carbocycles. The first kappa shape index (κ1) is 17.9. The molecule has 0 aromatic carbocycles. The van der Waals surface area contributed by atoms with Gasteiger partial charge in [-0.05, 0) is 32.6 Å². The third kappa shape index (κ3) is 6.77. The van der Waals surface area contributed by atoms with Gasteiger partial charge in [-0.2, -0.15) is 0 Å². The Morgan fingerprint density at radius 1 is 1.28 bits per heavy atom. The van der Waals surface area contributed by atoms with E-state index in [4.69, 9.17) is 0 Å². The lowest BCUT2D eigenvalue weighted by atomic mass is 10.1. The van der Waals surface area contributed by atoms with Gasteiger partial charge in [0.2, 0.25) is 0 Å². The molecule has 0 amide bonds. The third-order valence-corrected chi connectivity index (χ3v) is 4.64. The first-order valence-electron chi connectivity index (χ1n) is 6.30. The number of guanidine groups is 1. The van der Waals surface area contributed by atoms with Gasteiger partial charge in [-0.3, -0.25) is 4.99 Å². The van der Waals surface area contributed by atoms with Gasteiger partial charge < -0.3 is 10.6 Å². The molecule has 108 valence electrons. The van der Waals surface area contributed by atoms with Crippen LogP contribution >= 0.6 is 24.0 Å². The van der Waals surface area contributed by atoms with Gasteiger partial charge in [0.15, 0.2) is 15.8 Å². The minimum atomic E-state index is -2.81. The van der Waals surface area contributed by atoms with Crippen LogP contribution in [0.15, 0.2) is 4.99 Å². The van der Waals surface area contributed by atoms with Crippen molar-refractivity contribution in [3.8, 4) is 0 Å². The van der Waals surface area contributed by atoms with Crippen molar-refractivity contribution in [1.29, 1.82) is 0 Å². The van der Waals surface area contributed by atoms with E-state index in [1.165, 1.54) is 0 Å². The van der Waals surface area contributed by atoms with Crippen LogP contribution in [0.2, 0.25) is 0 Å². The zero-order valence-electron chi connectivity index (χ0n) is 11.1. The summed E-state index contributed by atoms with van der Waals surface area (Å²) in [5.41, 5.74) is 0. The molecule has 1 unspecified atom stereocenters. The van der Waals surface area contributed by atoms with Crippen LogP contribution in [0.5, 0.6) is 0 Å². The molecule has 1 saturated heterocycles. The van der Waals surface area contributed by atoms with Gasteiger partial charge >= 0.3 is 0 Å². The van der Waals surface area contributed by atoms with Crippen molar-refractivity contribution in [2.45, 2.75) is 26.7 Å². The molecule has 0 aromatic heterocycles. The summed E-state index contributed by atoms with van der Waals surface area (Å²) in [4.78, 5) is 4.42. The van der Waals surface area contributed by atoms with Crippen molar-refractivity contribution in [3.63, 3.8) is 0 Å². The third-order valence-electron chi connectivity index (χ3n) is 2.75. The first-order chi connectivity index (χ1) is 8.07. The number of rotatable bonds is 4. The normalized spacial score (nSPS) is 21.6. The van der Waals surface area contributed by atoms with Gasteiger partial charge in [-0.25, -0.2) is 8.42 Å². The second-order valence-corrected chi connectivity index (χ2v) is 6.60. The maximum Gasteiger partial charge on any atom is 0.191 e. The van der Waals surface area contributed by atoms with E-state index < -0.39 is 9.84 Å². The second kappa shape index (κ2) is 8.95. The summed E-state index contributed by atoms with van der Waals surface area (Å²) in [6.07, 6.45) is 1.74. The highest BCUT2D eigenvalue weighted by atomic mass is 127. The maximum absolute atomic E-state index is 11.5. The quantitative estimate of drug-likeness (QED) is 0.428. The van der Waals surface area contributed by atoms with Gasteiger partial charge in [0, 0.05) is 19.6 Å². The predicted molar refractivity (Wildman–Crippen MR) is 86.4 cm³/mol. The van der Waals surface area contributed by atoms with E-state index in [2.05, 4.69) is 15.6 Å². The average Bonchev–Trinajstić information content (AvgIpc) is 2.25. The summed E-state index contributed by atoms with van der Waals surface area (Å²) in [5, 5.41) is 6.27. The molecule has 1 aliphatic heterocycles. The van der Waals surface area contributed by atoms with Crippen LogP contribution in [0.4, 0.5) is 0 Å². The van der Waals surface area contributed by atoms with Crippen LogP contribution in [0.25, 0.3) is 0 Å². The molecule has 1 heterocycles. The molecule has 0 radical (unpaired) electrons. The number of hydrogen-bond acceptors (Lipinski definition) is 3. The van der Waals surface area contributed by atoms with E-state index in [1.54, 1.807) is 0 Å². The number of nitrogens with zero attached hydrogens (tertiary/aromatic N) is 1. The topological polar surface area (TPSA) is 70.6 Å². The summed E-state index contributed by atoms with van der Waals surface area (Å²) in [6, 6.07) is 0. The van der Waals surface area contributed by atoms with E-state index in [9.17, 15) is 8.42 Å². The lowest BCUT2D eigenvalue weighted by Crippen LogP contribution is -2.38. The largest absolute Gasteiger partial charge is 0.357 e.